The fourth-order valence-corrected chi connectivity index (χ4v) is 3.06. The van der Waals surface area contributed by atoms with Crippen molar-refractivity contribution < 1.29 is 5.11 Å². The molecule has 3 heterocycles. The number of aliphatic hydroxyl groups is 1. The topological polar surface area (TPSA) is 67.9 Å². The lowest BCUT2D eigenvalue weighted by molar-refractivity contribution is 0.270. The minimum Gasteiger partial charge on any atom is -0.394 e. The Kier molecular flexibility index (Phi) is 4.73. The summed E-state index contributed by atoms with van der Waals surface area (Å²) in [6, 6.07) is 6.09. The van der Waals surface area contributed by atoms with Crippen LogP contribution in [0.1, 0.15) is 26.3 Å². The fourth-order valence-electron chi connectivity index (χ4n) is 2.38. The van der Waals surface area contributed by atoms with Gasteiger partial charge in [0.25, 0.3) is 0 Å². The number of nitrogens with zero attached hydrogens (tertiary/aromatic N) is 4. The van der Waals surface area contributed by atoms with E-state index in [-0.39, 0.29) is 12.1 Å². The van der Waals surface area contributed by atoms with Crippen molar-refractivity contribution in [1.29, 1.82) is 0 Å². The number of nitrogens with one attached hydrogen (secondary N) is 1. The molecule has 0 unspecified atom stereocenters. The molecule has 3 aromatic rings. The highest BCUT2D eigenvalue weighted by molar-refractivity contribution is 7.13. The van der Waals surface area contributed by atoms with Crippen molar-refractivity contribution in [3.8, 4) is 10.6 Å². The van der Waals surface area contributed by atoms with Gasteiger partial charge in [0.1, 0.15) is 11.5 Å². The maximum atomic E-state index is 9.26. The van der Waals surface area contributed by atoms with Crippen molar-refractivity contribution in [2.75, 3.05) is 11.9 Å². The molecule has 0 aliphatic heterocycles. The Balaban J connectivity index is 1.75. The van der Waals surface area contributed by atoms with Crippen molar-refractivity contribution in [1.82, 2.24) is 19.6 Å². The van der Waals surface area contributed by atoms with E-state index in [0.717, 1.165) is 22.0 Å². The summed E-state index contributed by atoms with van der Waals surface area (Å²) in [5, 5.41) is 23.7. The van der Waals surface area contributed by atoms with E-state index in [9.17, 15) is 5.11 Å². The molecule has 0 radical (unpaired) electrons. The van der Waals surface area contributed by atoms with E-state index in [0.29, 0.717) is 13.1 Å². The summed E-state index contributed by atoms with van der Waals surface area (Å²) < 4.78 is 3.77. The van der Waals surface area contributed by atoms with Crippen LogP contribution in [0.2, 0.25) is 0 Å². The van der Waals surface area contributed by atoms with Crippen LogP contribution in [0.15, 0.2) is 36.0 Å². The molecule has 0 aliphatic rings. The summed E-state index contributed by atoms with van der Waals surface area (Å²) in [5.74, 6) is 0.899. The molecule has 0 atom stereocenters. The molecule has 7 heteroatoms. The summed E-state index contributed by atoms with van der Waals surface area (Å²) in [6.45, 7) is 7.57. The number of rotatable bonds is 6. The maximum Gasteiger partial charge on any atom is 0.125 e. The quantitative estimate of drug-likeness (QED) is 0.720. The fraction of sp³-hybridized carbons (Fsp3) is 0.412. The first-order valence-corrected chi connectivity index (χ1v) is 8.86. The number of aliphatic hydroxyl groups excluding tert-OH is 1. The third-order valence-corrected chi connectivity index (χ3v) is 4.55. The molecule has 0 spiro atoms. The van der Waals surface area contributed by atoms with E-state index in [1.54, 1.807) is 11.3 Å². The van der Waals surface area contributed by atoms with E-state index in [1.165, 1.54) is 0 Å². The minimum atomic E-state index is -0.0246. The van der Waals surface area contributed by atoms with Crippen molar-refractivity contribution in [2.24, 2.45) is 0 Å². The number of thiophene rings is 1. The summed E-state index contributed by atoms with van der Waals surface area (Å²) >= 11 is 1.66. The summed E-state index contributed by atoms with van der Waals surface area (Å²) in [5.41, 5.74) is 2.01. The Hall–Kier alpha value is -2.12. The van der Waals surface area contributed by atoms with Gasteiger partial charge in [-0.15, -0.1) is 11.3 Å². The Labute approximate surface area is 145 Å². The van der Waals surface area contributed by atoms with Gasteiger partial charge in [-0.25, -0.2) is 4.68 Å². The van der Waals surface area contributed by atoms with E-state index in [4.69, 9.17) is 0 Å². The van der Waals surface area contributed by atoms with Crippen LogP contribution >= 0.6 is 11.3 Å². The second-order valence-corrected chi connectivity index (χ2v) is 7.60. The molecule has 2 N–H and O–H groups in total. The van der Waals surface area contributed by atoms with Gasteiger partial charge in [0.2, 0.25) is 0 Å². The third-order valence-electron chi connectivity index (χ3n) is 3.66. The largest absolute Gasteiger partial charge is 0.394 e. The van der Waals surface area contributed by atoms with E-state index >= 15 is 0 Å². The van der Waals surface area contributed by atoms with Crippen molar-refractivity contribution in [3.63, 3.8) is 0 Å². The van der Waals surface area contributed by atoms with Crippen molar-refractivity contribution >= 4 is 17.2 Å². The lowest BCUT2D eigenvalue weighted by Gasteiger charge is -2.18. The van der Waals surface area contributed by atoms with Crippen molar-refractivity contribution in [3.05, 3.63) is 41.5 Å². The molecular weight excluding hydrogens is 322 g/mol. The molecule has 0 bridgehead atoms. The average Bonchev–Trinajstić information content (AvgIpc) is 3.25. The third kappa shape index (κ3) is 3.68. The van der Waals surface area contributed by atoms with Gasteiger partial charge in [0.15, 0.2) is 0 Å². The second kappa shape index (κ2) is 6.78. The highest BCUT2D eigenvalue weighted by Crippen LogP contribution is 2.26. The van der Waals surface area contributed by atoms with Gasteiger partial charge in [-0.1, -0.05) is 6.07 Å². The van der Waals surface area contributed by atoms with E-state index in [2.05, 4.69) is 42.5 Å². The monoisotopic (exact) mass is 345 g/mol. The van der Waals surface area contributed by atoms with Crippen LogP contribution in [0.5, 0.6) is 0 Å². The molecule has 6 nitrogen and oxygen atoms in total. The predicted octanol–water partition coefficient (Wildman–Crippen LogP) is 3.17. The molecule has 0 saturated carbocycles. The molecule has 3 rings (SSSR count). The molecule has 0 fully saturated rings. The normalized spacial score (nSPS) is 11.8. The first-order chi connectivity index (χ1) is 11.5. The second-order valence-electron chi connectivity index (χ2n) is 6.66. The lowest BCUT2D eigenvalue weighted by Crippen LogP contribution is -2.22. The maximum absolute atomic E-state index is 9.26. The average molecular weight is 345 g/mol. The smallest absolute Gasteiger partial charge is 0.125 e. The molecule has 24 heavy (non-hydrogen) atoms. The van der Waals surface area contributed by atoms with Gasteiger partial charge in [0.05, 0.1) is 29.8 Å². The Morgan fingerprint density at radius 2 is 2.17 bits per heavy atom. The van der Waals surface area contributed by atoms with Crippen LogP contribution < -0.4 is 5.32 Å². The first kappa shape index (κ1) is 16.7. The number of anilines is 1. The van der Waals surface area contributed by atoms with Crippen LogP contribution in [0.25, 0.3) is 10.6 Å². The zero-order valence-electron chi connectivity index (χ0n) is 14.2. The molecule has 0 amide bonds. The molecule has 128 valence electrons. The zero-order chi connectivity index (χ0) is 17.2. The van der Waals surface area contributed by atoms with Gasteiger partial charge >= 0.3 is 0 Å². The summed E-state index contributed by atoms with van der Waals surface area (Å²) in [6.07, 6.45) is 3.94. The van der Waals surface area contributed by atoms with Crippen LogP contribution in [0, 0.1) is 0 Å². The molecule has 0 aromatic carbocycles. The zero-order valence-corrected chi connectivity index (χ0v) is 15.0. The summed E-state index contributed by atoms with van der Waals surface area (Å²) in [7, 11) is 0. The van der Waals surface area contributed by atoms with E-state index < -0.39 is 0 Å². The number of aromatic nitrogens is 4. The Morgan fingerprint density at radius 1 is 1.33 bits per heavy atom. The number of hydrogen-bond acceptors (Lipinski definition) is 5. The number of hydrogen-bond donors (Lipinski definition) is 2. The van der Waals surface area contributed by atoms with Crippen molar-refractivity contribution in [2.45, 2.75) is 39.4 Å². The Morgan fingerprint density at radius 3 is 2.79 bits per heavy atom. The minimum absolute atomic E-state index is 0.0246. The predicted molar refractivity (Wildman–Crippen MR) is 97.2 cm³/mol. The highest BCUT2D eigenvalue weighted by atomic mass is 32.1. The van der Waals surface area contributed by atoms with Crippen LogP contribution in [0.4, 0.5) is 5.82 Å². The van der Waals surface area contributed by atoms with Gasteiger partial charge in [0, 0.05) is 24.4 Å². The van der Waals surface area contributed by atoms with E-state index in [1.807, 2.05) is 39.1 Å². The molecule has 0 aliphatic carbocycles. The molecular formula is C17H23N5OS. The lowest BCUT2D eigenvalue weighted by atomic mass is 10.1. The SMILES string of the molecule is CC(C)(C)n1cc(CNc2cc(-c3cccs3)nn2CCO)cn1. The van der Waals surface area contributed by atoms with Crippen LogP contribution in [-0.2, 0) is 18.6 Å². The van der Waals surface area contributed by atoms with Gasteiger partial charge in [-0.05, 0) is 32.2 Å². The highest BCUT2D eigenvalue weighted by Gasteiger charge is 2.14. The van der Waals surface area contributed by atoms with Crippen LogP contribution in [0.3, 0.4) is 0 Å². The van der Waals surface area contributed by atoms with Gasteiger partial charge in [-0.3, -0.25) is 4.68 Å². The van der Waals surface area contributed by atoms with Gasteiger partial charge < -0.3 is 10.4 Å². The summed E-state index contributed by atoms with van der Waals surface area (Å²) in [4.78, 5) is 1.12. The standard InChI is InChI=1S/C17H23N5OS/c1-17(2,3)22-12-13(11-19-22)10-18-16-9-14(15-5-4-8-24-15)20-21(16)6-7-23/h4-5,8-9,11-12,18,23H,6-7,10H2,1-3H3. The van der Waals surface area contributed by atoms with Gasteiger partial charge in [-0.2, -0.15) is 10.2 Å². The molecule has 3 aromatic heterocycles. The van der Waals surface area contributed by atoms with Crippen LogP contribution in [-0.4, -0.2) is 31.3 Å². The molecule has 0 saturated heterocycles. The Bertz CT molecular complexity index is 782. The first-order valence-electron chi connectivity index (χ1n) is 7.98.